The summed E-state index contributed by atoms with van der Waals surface area (Å²) in [6.07, 6.45) is 3.21. The highest BCUT2D eigenvalue weighted by atomic mass is 16.5. The van der Waals surface area contributed by atoms with E-state index in [1.54, 1.807) is 36.7 Å². The highest BCUT2D eigenvalue weighted by Gasteiger charge is 2.08. The lowest BCUT2D eigenvalue weighted by atomic mass is 10.1. The molecule has 0 unspecified atom stereocenters. The quantitative estimate of drug-likeness (QED) is 0.484. The summed E-state index contributed by atoms with van der Waals surface area (Å²) in [7, 11) is 0. The third-order valence-electron chi connectivity index (χ3n) is 4.69. The van der Waals surface area contributed by atoms with E-state index in [9.17, 15) is 4.79 Å². The van der Waals surface area contributed by atoms with Gasteiger partial charge in [-0.3, -0.25) is 4.79 Å². The van der Waals surface area contributed by atoms with E-state index in [0.717, 1.165) is 16.7 Å². The van der Waals surface area contributed by atoms with Crippen molar-refractivity contribution in [2.45, 2.75) is 6.54 Å². The molecule has 0 fully saturated rings. The van der Waals surface area contributed by atoms with Gasteiger partial charge < -0.3 is 10.5 Å². The Morgan fingerprint density at radius 3 is 2.56 bits per heavy atom. The zero-order valence-electron chi connectivity index (χ0n) is 17.2. The van der Waals surface area contributed by atoms with E-state index in [-0.39, 0.29) is 12.1 Å². The number of benzene rings is 2. The summed E-state index contributed by atoms with van der Waals surface area (Å²) in [5.74, 6) is 1.11. The van der Waals surface area contributed by atoms with Gasteiger partial charge in [-0.15, -0.1) is 0 Å². The zero-order chi connectivity index (χ0) is 22.3. The Morgan fingerprint density at radius 1 is 1.00 bits per heavy atom. The van der Waals surface area contributed by atoms with Gasteiger partial charge in [0.05, 0.1) is 36.3 Å². The van der Waals surface area contributed by atoms with Gasteiger partial charge in [0.2, 0.25) is 0 Å². The first-order chi connectivity index (χ1) is 15.7. The van der Waals surface area contributed by atoms with Crippen molar-refractivity contribution in [1.29, 1.82) is 5.26 Å². The summed E-state index contributed by atoms with van der Waals surface area (Å²) < 4.78 is 6.81. The normalized spacial score (nSPS) is 10.5. The molecule has 0 saturated carbocycles. The number of hydrogen-bond donors (Lipinski definition) is 1. The summed E-state index contributed by atoms with van der Waals surface area (Å²) >= 11 is 0. The molecule has 4 rings (SSSR count). The van der Waals surface area contributed by atoms with Crippen molar-refractivity contribution in [3.8, 4) is 34.5 Å². The molecule has 0 bridgehead atoms. The minimum Gasteiger partial charge on any atom is -0.489 e. The maximum Gasteiger partial charge on any atom is 0.267 e. The Balaban J connectivity index is 1.58. The highest BCUT2D eigenvalue weighted by molar-refractivity contribution is 5.60. The lowest BCUT2D eigenvalue weighted by Gasteiger charge is -2.09. The second-order valence-corrected chi connectivity index (χ2v) is 6.99. The molecule has 2 N–H and O–H groups in total. The van der Waals surface area contributed by atoms with Crippen LogP contribution in [0.25, 0.3) is 22.6 Å². The van der Waals surface area contributed by atoms with E-state index < -0.39 is 0 Å². The number of aromatic nitrogens is 4. The first-order valence-corrected chi connectivity index (χ1v) is 9.99. The van der Waals surface area contributed by atoms with Gasteiger partial charge in [0.25, 0.3) is 5.56 Å². The molecule has 0 aliphatic heterocycles. The molecule has 158 valence electrons. The van der Waals surface area contributed by atoms with Gasteiger partial charge in [-0.25, -0.2) is 14.6 Å². The predicted octanol–water partition coefficient (Wildman–Crippen LogP) is 2.62. The van der Waals surface area contributed by atoms with Crippen molar-refractivity contribution in [3.05, 3.63) is 94.5 Å². The molecule has 0 atom stereocenters. The maximum absolute atomic E-state index is 12.4. The molecule has 0 amide bonds. The van der Waals surface area contributed by atoms with Crippen LogP contribution in [0.2, 0.25) is 0 Å². The summed E-state index contributed by atoms with van der Waals surface area (Å²) in [6, 6.07) is 20.0. The first kappa shape index (κ1) is 20.9. The average Bonchev–Trinajstić information content (AvgIpc) is 2.84. The molecule has 4 aromatic rings. The molecule has 0 saturated heterocycles. The zero-order valence-corrected chi connectivity index (χ0v) is 17.2. The molecule has 2 aromatic carbocycles. The van der Waals surface area contributed by atoms with Gasteiger partial charge in [-0.1, -0.05) is 30.3 Å². The number of nitrogens with two attached hydrogens (primary N) is 1. The Kier molecular flexibility index (Phi) is 6.30. The maximum atomic E-state index is 12.4. The van der Waals surface area contributed by atoms with Crippen molar-refractivity contribution in [1.82, 2.24) is 19.7 Å². The second-order valence-electron chi connectivity index (χ2n) is 6.99. The topological polar surface area (TPSA) is 120 Å². The van der Waals surface area contributed by atoms with Crippen molar-refractivity contribution in [2.75, 3.05) is 13.2 Å². The van der Waals surface area contributed by atoms with Crippen LogP contribution in [-0.2, 0) is 6.54 Å². The van der Waals surface area contributed by atoms with Gasteiger partial charge in [0, 0.05) is 23.7 Å². The van der Waals surface area contributed by atoms with Gasteiger partial charge in [0.15, 0.2) is 11.6 Å². The Labute approximate surface area is 184 Å². The van der Waals surface area contributed by atoms with Gasteiger partial charge in [0.1, 0.15) is 6.61 Å². The summed E-state index contributed by atoms with van der Waals surface area (Å²) in [4.78, 5) is 21.1. The molecular weight excluding hydrogens is 404 g/mol. The van der Waals surface area contributed by atoms with Crippen LogP contribution in [0.5, 0.6) is 5.75 Å². The van der Waals surface area contributed by atoms with Crippen LogP contribution >= 0.6 is 0 Å². The molecule has 8 nitrogen and oxygen atoms in total. The van der Waals surface area contributed by atoms with Crippen molar-refractivity contribution in [3.63, 3.8) is 0 Å². The number of rotatable bonds is 7. The van der Waals surface area contributed by atoms with Gasteiger partial charge in [-0.05, 0) is 29.8 Å². The average molecular weight is 424 g/mol. The number of hydrogen-bond acceptors (Lipinski definition) is 7. The van der Waals surface area contributed by atoms with E-state index in [2.05, 4.69) is 21.1 Å². The largest absolute Gasteiger partial charge is 0.489 e. The monoisotopic (exact) mass is 424 g/mol. The number of ether oxygens (including phenoxy) is 1. The fourth-order valence-electron chi connectivity index (χ4n) is 3.16. The number of nitrogens with zero attached hydrogens (tertiary/aromatic N) is 5. The fraction of sp³-hybridized carbons (Fsp3) is 0.125. The van der Waals surface area contributed by atoms with E-state index in [4.69, 9.17) is 15.7 Å². The van der Waals surface area contributed by atoms with E-state index in [1.807, 2.05) is 30.3 Å². The van der Waals surface area contributed by atoms with Crippen molar-refractivity contribution in [2.24, 2.45) is 5.73 Å². The van der Waals surface area contributed by atoms with Crippen LogP contribution in [0.4, 0.5) is 0 Å². The van der Waals surface area contributed by atoms with Crippen LogP contribution in [0.15, 0.2) is 77.9 Å². The smallest absolute Gasteiger partial charge is 0.267 e. The molecule has 0 radical (unpaired) electrons. The molecule has 8 heteroatoms. The van der Waals surface area contributed by atoms with Gasteiger partial charge in [-0.2, -0.15) is 10.4 Å². The predicted molar refractivity (Wildman–Crippen MR) is 120 cm³/mol. The van der Waals surface area contributed by atoms with Crippen LogP contribution in [0, 0.1) is 11.3 Å². The summed E-state index contributed by atoms with van der Waals surface area (Å²) in [6.45, 7) is 1.11. The van der Waals surface area contributed by atoms with E-state index in [1.165, 1.54) is 10.7 Å². The van der Waals surface area contributed by atoms with Crippen LogP contribution < -0.4 is 16.0 Å². The van der Waals surface area contributed by atoms with Crippen molar-refractivity contribution >= 4 is 0 Å². The fourth-order valence-corrected chi connectivity index (χ4v) is 3.16. The van der Waals surface area contributed by atoms with Crippen LogP contribution in [0.1, 0.15) is 11.1 Å². The number of nitriles is 1. The molecule has 2 heterocycles. The SMILES string of the molecule is N#Cc1cccc(-c2ccc(=O)n(Cc3cccc(-c4ncc(OCCN)cn4)c3)n2)c1. The molecule has 0 spiro atoms. The van der Waals surface area contributed by atoms with Gasteiger partial charge >= 0.3 is 0 Å². The molecule has 0 aliphatic carbocycles. The lowest BCUT2D eigenvalue weighted by Crippen LogP contribution is -2.22. The minimum absolute atomic E-state index is 0.215. The van der Waals surface area contributed by atoms with E-state index in [0.29, 0.717) is 36.0 Å². The molecule has 0 aliphatic rings. The Hall–Kier alpha value is -4.35. The van der Waals surface area contributed by atoms with Crippen molar-refractivity contribution < 1.29 is 4.74 Å². The Morgan fingerprint density at radius 2 is 1.78 bits per heavy atom. The standard InChI is InChI=1S/C24H20N6O2/c25-9-10-32-21-14-27-24(28-15-21)20-6-2-4-18(12-20)16-30-23(31)8-7-22(29-30)19-5-1-3-17(11-19)13-26/h1-8,11-12,14-15H,9-10,16,25H2. The third kappa shape index (κ3) is 4.86. The summed E-state index contributed by atoms with van der Waals surface area (Å²) in [5, 5.41) is 13.6. The molecule has 2 aromatic heterocycles. The van der Waals surface area contributed by atoms with Crippen LogP contribution in [-0.4, -0.2) is 32.9 Å². The van der Waals surface area contributed by atoms with E-state index >= 15 is 0 Å². The van der Waals surface area contributed by atoms with Crippen LogP contribution in [0.3, 0.4) is 0 Å². The minimum atomic E-state index is -0.215. The molecule has 32 heavy (non-hydrogen) atoms. The second kappa shape index (κ2) is 9.64. The lowest BCUT2D eigenvalue weighted by molar-refractivity contribution is 0.325. The molecular formula is C24H20N6O2. The highest BCUT2D eigenvalue weighted by Crippen LogP contribution is 2.19. The Bertz CT molecular complexity index is 1330. The summed E-state index contributed by atoms with van der Waals surface area (Å²) in [5.41, 5.74) is 8.85. The third-order valence-corrected chi connectivity index (χ3v) is 4.69. The first-order valence-electron chi connectivity index (χ1n) is 9.99.